The minimum atomic E-state index is -3.78. The number of aryl methyl sites for hydroxylation is 1. The molecule has 0 atom stereocenters. The maximum atomic E-state index is 12.6. The third-order valence-electron chi connectivity index (χ3n) is 3.79. The number of primary sulfonamides is 1. The zero-order valence-corrected chi connectivity index (χ0v) is 16.3. The van der Waals surface area contributed by atoms with Crippen LogP contribution >= 0.6 is 0 Å². The van der Waals surface area contributed by atoms with Crippen molar-refractivity contribution in [2.45, 2.75) is 31.5 Å². The molecular formula is C18H22F2N4O3S. The summed E-state index contributed by atoms with van der Waals surface area (Å²) in [7, 11) is -2.22. The molecule has 2 aromatic carbocycles. The van der Waals surface area contributed by atoms with Gasteiger partial charge in [-0.2, -0.15) is 8.78 Å². The highest BCUT2D eigenvalue weighted by molar-refractivity contribution is 7.89. The summed E-state index contributed by atoms with van der Waals surface area (Å²) >= 11 is 0. The van der Waals surface area contributed by atoms with Crippen molar-refractivity contribution in [1.29, 1.82) is 0 Å². The molecule has 4 N–H and O–H groups in total. The van der Waals surface area contributed by atoms with Gasteiger partial charge in [0.2, 0.25) is 10.0 Å². The smallest absolute Gasteiger partial charge is 0.387 e. The maximum absolute atomic E-state index is 12.6. The van der Waals surface area contributed by atoms with Crippen LogP contribution < -0.4 is 20.5 Å². The van der Waals surface area contributed by atoms with E-state index in [1.165, 1.54) is 18.2 Å². The third kappa shape index (κ3) is 6.46. The van der Waals surface area contributed by atoms with Gasteiger partial charge in [-0.25, -0.2) is 13.6 Å². The van der Waals surface area contributed by atoms with Crippen LogP contribution in [-0.4, -0.2) is 28.0 Å². The van der Waals surface area contributed by atoms with Gasteiger partial charge >= 0.3 is 6.61 Å². The molecule has 0 saturated heterocycles. The third-order valence-corrected chi connectivity index (χ3v) is 4.70. The molecule has 10 heteroatoms. The van der Waals surface area contributed by atoms with Crippen molar-refractivity contribution >= 4 is 16.0 Å². The first-order chi connectivity index (χ1) is 13.2. The quantitative estimate of drug-likeness (QED) is 0.477. The van der Waals surface area contributed by atoms with Crippen LogP contribution in [0.3, 0.4) is 0 Å². The van der Waals surface area contributed by atoms with Crippen molar-refractivity contribution in [1.82, 2.24) is 10.6 Å². The molecule has 0 spiro atoms. The van der Waals surface area contributed by atoms with E-state index in [1.54, 1.807) is 31.3 Å². The molecular weight excluding hydrogens is 390 g/mol. The zero-order valence-electron chi connectivity index (χ0n) is 15.4. The van der Waals surface area contributed by atoms with E-state index >= 15 is 0 Å². The topological polar surface area (TPSA) is 106 Å². The van der Waals surface area contributed by atoms with Crippen molar-refractivity contribution in [3.05, 3.63) is 59.2 Å². The molecule has 0 aliphatic heterocycles. The number of guanidine groups is 1. The van der Waals surface area contributed by atoms with Crippen molar-refractivity contribution in [3.8, 4) is 5.75 Å². The Labute approximate surface area is 162 Å². The summed E-state index contributed by atoms with van der Waals surface area (Å²) < 4.78 is 52.5. The summed E-state index contributed by atoms with van der Waals surface area (Å²) in [6, 6.07) is 11.1. The summed E-state index contributed by atoms with van der Waals surface area (Å²) in [6.07, 6.45) is 0. The van der Waals surface area contributed by atoms with E-state index in [9.17, 15) is 17.2 Å². The number of halogens is 2. The van der Waals surface area contributed by atoms with Crippen LogP contribution in [0.4, 0.5) is 8.78 Å². The SMILES string of the molecule is CN=C(NCc1cccc(S(N)(=O)=O)c1)NCc1cc(C)ccc1OC(F)F. The summed E-state index contributed by atoms with van der Waals surface area (Å²) in [5, 5.41) is 11.2. The number of sulfonamides is 1. The average Bonchev–Trinajstić information content (AvgIpc) is 2.63. The van der Waals surface area contributed by atoms with Crippen LogP contribution in [0.15, 0.2) is 52.4 Å². The Morgan fingerprint density at radius 2 is 1.89 bits per heavy atom. The van der Waals surface area contributed by atoms with Crippen molar-refractivity contribution in [2.24, 2.45) is 10.1 Å². The van der Waals surface area contributed by atoms with Crippen LogP contribution in [0.2, 0.25) is 0 Å². The van der Waals surface area contributed by atoms with Gasteiger partial charge in [0.05, 0.1) is 4.90 Å². The number of nitrogens with zero attached hydrogens (tertiary/aromatic N) is 1. The molecule has 2 aromatic rings. The minimum absolute atomic E-state index is 0.0169. The minimum Gasteiger partial charge on any atom is -0.434 e. The van der Waals surface area contributed by atoms with E-state index in [4.69, 9.17) is 5.14 Å². The molecule has 0 amide bonds. The lowest BCUT2D eigenvalue weighted by Gasteiger charge is -2.15. The number of nitrogens with two attached hydrogens (primary N) is 1. The lowest BCUT2D eigenvalue weighted by atomic mass is 10.1. The Morgan fingerprint density at radius 3 is 2.54 bits per heavy atom. The van der Waals surface area contributed by atoms with Gasteiger partial charge in [0, 0.05) is 25.7 Å². The van der Waals surface area contributed by atoms with E-state index in [0.29, 0.717) is 17.1 Å². The molecule has 7 nitrogen and oxygen atoms in total. The van der Waals surface area contributed by atoms with Crippen LogP contribution in [0.25, 0.3) is 0 Å². The molecule has 28 heavy (non-hydrogen) atoms. The lowest BCUT2D eigenvalue weighted by molar-refractivity contribution is -0.0504. The lowest BCUT2D eigenvalue weighted by Crippen LogP contribution is -2.36. The molecule has 0 unspecified atom stereocenters. The van der Waals surface area contributed by atoms with Gasteiger partial charge in [-0.15, -0.1) is 0 Å². The van der Waals surface area contributed by atoms with Crippen LogP contribution in [0, 0.1) is 6.92 Å². The number of alkyl halides is 2. The Kier molecular flexibility index (Phi) is 7.30. The fraction of sp³-hybridized carbons (Fsp3) is 0.278. The fourth-order valence-electron chi connectivity index (χ4n) is 2.48. The second-order valence-corrected chi connectivity index (χ2v) is 7.52. The molecule has 0 aromatic heterocycles. The Morgan fingerprint density at radius 1 is 1.18 bits per heavy atom. The van der Waals surface area contributed by atoms with E-state index in [0.717, 1.165) is 5.56 Å². The first kappa shape index (κ1) is 21.6. The van der Waals surface area contributed by atoms with Crippen molar-refractivity contribution in [3.63, 3.8) is 0 Å². The van der Waals surface area contributed by atoms with Crippen molar-refractivity contribution < 1.29 is 21.9 Å². The monoisotopic (exact) mass is 412 g/mol. The summed E-state index contributed by atoms with van der Waals surface area (Å²) in [4.78, 5) is 4.08. The standard InChI is InChI=1S/C18H22F2N4O3S/c1-12-6-7-16(27-17(19)20)14(8-12)11-24-18(22-2)23-10-13-4-3-5-15(9-13)28(21,25)26/h3-9,17H,10-11H2,1-2H3,(H2,21,25,26)(H2,22,23,24). The number of rotatable bonds is 7. The Bertz CT molecular complexity index is 950. The predicted octanol–water partition coefficient (Wildman–Crippen LogP) is 2.11. The average molecular weight is 412 g/mol. The van der Waals surface area contributed by atoms with Gasteiger partial charge in [0.1, 0.15) is 5.75 Å². The van der Waals surface area contributed by atoms with Gasteiger partial charge in [-0.3, -0.25) is 4.99 Å². The maximum Gasteiger partial charge on any atom is 0.387 e. The molecule has 0 aliphatic carbocycles. The van der Waals surface area contributed by atoms with Gasteiger partial charge in [0.25, 0.3) is 0 Å². The van der Waals surface area contributed by atoms with E-state index in [1.807, 2.05) is 6.92 Å². The molecule has 152 valence electrons. The number of ether oxygens (including phenoxy) is 1. The summed E-state index contributed by atoms with van der Waals surface area (Å²) in [5.74, 6) is 0.495. The van der Waals surface area contributed by atoms with Gasteiger partial charge in [-0.1, -0.05) is 29.8 Å². The van der Waals surface area contributed by atoms with Crippen molar-refractivity contribution in [2.75, 3.05) is 7.05 Å². The van der Waals surface area contributed by atoms with Crippen LogP contribution in [0.1, 0.15) is 16.7 Å². The molecule has 0 radical (unpaired) electrons. The fourth-order valence-corrected chi connectivity index (χ4v) is 3.06. The number of benzene rings is 2. The van der Waals surface area contributed by atoms with Gasteiger partial charge < -0.3 is 15.4 Å². The second kappa shape index (κ2) is 9.47. The first-order valence-electron chi connectivity index (χ1n) is 8.29. The van der Waals surface area contributed by atoms with E-state index < -0.39 is 16.6 Å². The highest BCUT2D eigenvalue weighted by Gasteiger charge is 2.11. The highest BCUT2D eigenvalue weighted by atomic mass is 32.2. The second-order valence-electron chi connectivity index (χ2n) is 5.96. The van der Waals surface area contributed by atoms with E-state index in [2.05, 4.69) is 20.4 Å². The Balaban J connectivity index is 2.02. The van der Waals surface area contributed by atoms with Gasteiger partial charge in [-0.05, 0) is 30.7 Å². The first-order valence-corrected chi connectivity index (χ1v) is 9.84. The Hall–Kier alpha value is -2.72. The summed E-state index contributed by atoms with van der Waals surface area (Å²) in [6.45, 7) is -0.566. The van der Waals surface area contributed by atoms with Crippen LogP contribution in [-0.2, 0) is 23.1 Å². The van der Waals surface area contributed by atoms with Crippen LogP contribution in [0.5, 0.6) is 5.75 Å². The molecule has 0 fully saturated rings. The highest BCUT2D eigenvalue weighted by Crippen LogP contribution is 2.22. The predicted molar refractivity (Wildman–Crippen MR) is 103 cm³/mol. The molecule has 0 aliphatic rings. The van der Waals surface area contributed by atoms with Gasteiger partial charge in [0.15, 0.2) is 5.96 Å². The summed E-state index contributed by atoms with van der Waals surface area (Å²) in [5.41, 5.74) is 2.15. The number of nitrogens with one attached hydrogen (secondary N) is 2. The zero-order chi connectivity index (χ0) is 20.7. The molecule has 2 rings (SSSR count). The normalized spacial score (nSPS) is 12.1. The molecule has 0 heterocycles. The van der Waals surface area contributed by atoms with E-state index in [-0.39, 0.29) is 23.7 Å². The molecule has 0 saturated carbocycles. The number of aliphatic imine (C=N–C) groups is 1. The number of hydrogen-bond donors (Lipinski definition) is 3. The molecule has 0 bridgehead atoms. The number of hydrogen-bond acceptors (Lipinski definition) is 4. The largest absolute Gasteiger partial charge is 0.434 e.